The van der Waals surface area contributed by atoms with Gasteiger partial charge in [-0.2, -0.15) is 0 Å². The molecule has 0 atom stereocenters. The molecule has 0 bridgehead atoms. The van der Waals surface area contributed by atoms with Gasteiger partial charge in [0.2, 0.25) is 0 Å². The first-order chi connectivity index (χ1) is 12.9. The number of rotatable bonds is 6. The lowest BCUT2D eigenvalue weighted by Crippen LogP contribution is -2.35. The number of hydrogen-bond donors (Lipinski definition) is 0. The molecule has 0 radical (unpaired) electrons. The molecule has 1 saturated heterocycles. The van der Waals surface area contributed by atoms with Crippen LogP contribution >= 0.6 is 39.9 Å². The molecule has 0 aromatic heterocycles. The fourth-order valence-corrected chi connectivity index (χ4v) is 5.37. The molecule has 2 aliphatic heterocycles. The largest absolute Gasteiger partial charge is 0.308 e. The average molecular weight is 467 g/mol. The molecule has 1 fully saturated rings. The summed E-state index contributed by atoms with van der Waals surface area (Å²) in [6.07, 6.45) is 4.36. The Labute approximate surface area is 178 Å². The van der Waals surface area contributed by atoms with Crippen LogP contribution in [0.2, 0.25) is 0 Å². The van der Waals surface area contributed by atoms with Gasteiger partial charge in [-0.15, -0.1) is 0 Å². The van der Waals surface area contributed by atoms with Gasteiger partial charge in [-0.3, -0.25) is 14.5 Å². The minimum Gasteiger partial charge on any atom is -0.308 e. The minimum atomic E-state index is -0.165. The van der Waals surface area contributed by atoms with Crippen molar-refractivity contribution in [3.63, 3.8) is 0 Å². The first-order valence-corrected chi connectivity index (χ1v) is 11.3. The van der Waals surface area contributed by atoms with Crippen molar-refractivity contribution in [2.45, 2.75) is 52.5 Å². The Morgan fingerprint density at radius 3 is 2.52 bits per heavy atom. The van der Waals surface area contributed by atoms with Crippen molar-refractivity contribution in [2.75, 3.05) is 11.4 Å². The number of amides is 2. The van der Waals surface area contributed by atoms with E-state index in [1.807, 2.05) is 36.9 Å². The number of halogens is 1. The van der Waals surface area contributed by atoms with Gasteiger partial charge in [0.05, 0.1) is 16.2 Å². The number of thiocarbonyl (C=S) groups is 1. The number of anilines is 1. The molecule has 2 heterocycles. The second-order valence-corrected chi connectivity index (χ2v) is 9.58. The first-order valence-electron chi connectivity index (χ1n) is 9.28. The quantitative estimate of drug-likeness (QED) is 0.321. The minimum absolute atomic E-state index is 0.0285. The summed E-state index contributed by atoms with van der Waals surface area (Å²) in [6.45, 7) is 6.70. The van der Waals surface area contributed by atoms with Gasteiger partial charge in [0.1, 0.15) is 4.32 Å². The fourth-order valence-electron chi connectivity index (χ4n) is 3.42. The van der Waals surface area contributed by atoms with E-state index in [-0.39, 0.29) is 17.9 Å². The van der Waals surface area contributed by atoms with Crippen LogP contribution in [0.1, 0.15) is 52.0 Å². The number of fused-ring (bicyclic) bond motifs is 1. The van der Waals surface area contributed by atoms with Gasteiger partial charge in [0.15, 0.2) is 0 Å². The Kier molecular flexibility index (Phi) is 6.43. The third-order valence-corrected chi connectivity index (χ3v) is 6.65. The molecule has 0 saturated carbocycles. The van der Waals surface area contributed by atoms with E-state index in [4.69, 9.17) is 12.2 Å². The molecule has 0 N–H and O–H groups in total. The van der Waals surface area contributed by atoms with Crippen molar-refractivity contribution in [3.8, 4) is 0 Å². The lowest BCUT2D eigenvalue weighted by Gasteiger charge is -2.18. The topological polar surface area (TPSA) is 40.6 Å². The normalized spacial score (nSPS) is 19.7. The predicted octanol–water partition coefficient (Wildman–Crippen LogP) is 5.36. The summed E-state index contributed by atoms with van der Waals surface area (Å²) < 4.78 is 1.40. The summed E-state index contributed by atoms with van der Waals surface area (Å²) >= 11 is 10.1. The SMILES string of the molecule is CCCCCCN1C(=O)C(=C2SC(=S)N(C(C)C)C2=O)c2cc(Br)ccc21. The van der Waals surface area contributed by atoms with E-state index in [9.17, 15) is 9.59 Å². The van der Waals surface area contributed by atoms with E-state index in [0.717, 1.165) is 41.4 Å². The molecule has 27 heavy (non-hydrogen) atoms. The molecule has 1 aromatic rings. The van der Waals surface area contributed by atoms with Gasteiger partial charge in [-0.1, -0.05) is 66.1 Å². The van der Waals surface area contributed by atoms with E-state index < -0.39 is 0 Å². The zero-order valence-corrected chi connectivity index (χ0v) is 19.0. The zero-order valence-electron chi connectivity index (χ0n) is 15.8. The van der Waals surface area contributed by atoms with Gasteiger partial charge in [0, 0.05) is 22.6 Å². The highest BCUT2D eigenvalue weighted by Crippen LogP contribution is 2.45. The number of carbonyl (C=O) groups is 2. The van der Waals surface area contributed by atoms with E-state index >= 15 is 0 Å². The monoisotopic (exact) mass is 466 g/mol. The van der Waals surface area contributed by atoms with Crippen LogP contribution in [-0.4, -0.2) is 33.6 Å². The Bertz CT molecular complexity index is 835. The van der Waals surface area contributed by atoms with Crippen LogP contribution in [0.15, 0.2) is 27.6 Å². The van der Waals surface area contributed by atoms with E-state index in [1.165, 1.54) is 11.8 Å². The van der Waals surface area contributed by atoms with Gasteiger partial charge in [-0.05, 0) is 38.5 Å². The molecular formula is C20H23BrN2O2S2. The van der Waals surface area contributed by atoms with Crippen LogP contribution in [0, 0.1) is 0 Å². The second kappa shape index (κ2) is 8.45. The number of thioether (sulfide) groups is 1. The van der Waals surface area contributed by atoms with Crippen molar-refractivity contribution in [1.82, 2.24) is 4.90 Å². The first kappa shape index (κ1) is 20.6. The average Bonchev–Trinajstić information content (AvgIpc) is 3.04. The summed E-state index contributed by atoms with van der Waals surface area (Å²) in [5, 5.41) is 0. The third kappa shape index (κ3) is 3.87. The molecule has 144 valence electrons. The lowest BCUT2D eigenvalue weighted by molar-refractivity contribution is -0.123. The van der Waals surface area contributed by atoms with Crippen molar-refractivity contribution < 1.29 is 9.59 Å². The van der Waals surface area contributed by atoms with Crippen molar-refractivity contribution in [2.24, 2.45) is 0 Å². The summed E-state index contributed by atoms with van der Waals surface area (Å²) in [7, 11) is 0. The third-order valence-electron chi connectivity index (χ3n) is 4.76. The van der Waals surface area contributed by atoms with Gasteiger partial charge < -0.3 is 4.90 Å². The summed E-state index contributed by atoms with van der Waals surface area (Å²) in [6, 6.07) is 5.79. The molecule has 4 nitrogen and oxygen atoms in total. The fraction of sp³-hybridized carbons (Fsp3) is 0.450. The molecule has 2 amide bonds. The molecule has 0 spiro atoms. The van der Waals surface area contributed by atoms with Gasteiger partial charge in [0.25, 0.3) is 11.8 Å². The van der Waals surface area contributed by atoms with E-state index in [1.54, 1.807) is 4.90 Å². The number of nitrogens with zero attached hydrogens (tertiary/aromatic N) is 2. The van der Waals surface area contributed by atoms with Crippen molar-refractivity contribution >= 4 is 67.3 Å². The predicted molar refractivity (Wildman–Crippen MR) is 120 cm³/mol. The summed E-state index contributed by atoms with van der Waals surface area (Å²) in [4.78, 5) is 30.1. The maximum atomic E-state index is 13.3. The summed E-state index contributed by atoms with van der Waals surface area (Å²) in [5.41, 5.74) is 2.18. The van der Waals surface area contributed by atoms with Crippen LogP contribution in [0.4, 0.5) is 5.69 Å². The number of unbranched alkanes of at least 4 members (excludes halogenated alkanes) is 3. The van der Waals surface area contributed by atoms with Crippen LogP contribution < -0.4 is 4.90 Å². The standard InChI is InChI=1S/C20H23BrN2O2S2/c1-4-5-6-7-10-22-15-9-8-13(21)11-14(15)16(18(22)24)17-19(25)23(12(2)3)20(26)27-17/h8-9,11-12H,4-7,10H2,1-3H3. The van der Waals surface area contributed by atoms with Crippen LogP contribution in [0.25, 0.3) is 5.57 Å². The van der Waals surface area contributed by atoms with Crippen molar-refractivity contribution in [3.05, 3.63) is 33.1 Å². The second-order valence-electron chi connectivity index (χ2n) is 7.02. The Morgan fingerprint density at radius 2 is 1.89 bits per heavy atom. The highest BCUT2D eigenvalue weighted by atomic mass is 79.9. The molecule has 2 aliphatic rings. The molecule has 3 rings (SSSR count). The Hall–Kier alpha value is -1.18. The van der Waals surface area contributed by atoms with Crippen LogP contribution in [-0.2, 0) is 9.59 Å². The van der Waals surface area contributed by atoms with Crippen molar-refractivity contribution in [1.29, 1.82) is 0 Å². The van der Waals surface area contributed by atoms with Crippen LogP contribution in [0.5, 0.6) is 0 Å². The highest BCUT2D eigenvalue weighted by molar-refractivity contribution is 9.10. The van der Waals surface area contributed by atoms with Crippen LogP contribution in [0.3, 0.4) is 0 Å². The van der Waals surface area contributed by atoms with E-state index in [2.05, 4.69) is 22.9 Å². The molecule has 1 aromatic carbocycles. The van der Waals surface area contributed by atoms with Gasteiger partial charge >= 0.3 is 0 Å². The number of hydrogen-bond acceptors (Lipinski definition) is 4. The zero-order chi connectivity index (χ0) is 19.7. The maximum Gasteiger partial charge on any atom is 0.267 e. The Balaban J connectivity index is 2.02. The lowest BCUT2D eigenvalue weighted by atomic mass is 10.1. The maximum absolute atomic E-state index is 13.3. The molecule has 0 unspecified atom stereocenters. The highest BCUT2D eigenvalue weighted by Gasteiger charge is 2.42. The molecular weight excluding hydrogens is 444 g/mol. The number of benzene rings is 1. The van der Waals surface area contributed by atoms with Gasteiger partial charge in [-0.25, -0.2) is 0 Å². The molecule has 0 aliphatic carbocycles. The summed E-state index contributed by atoms with van der Waals surface area (Å²) in [5.74, 6) is -0.258. The van der Waals surface area contributed by atoms with E-state index in [0.29, 0.717) is 21.3 Å². The Morgan fingerprint density at radius 1 is 1.15 bits per heavy atom. The molecule has 7 heteroatoms. The number of carbonyl (C=O) groups excluding carboxylic acids is 2. The smallest absolute Gasteiger partial charge is 0.267 e.